The van der Waals surface area contributed by atoms with Crippen molar-refractivity contribution in [3.63, 3.8) is 0 Å². The van der Waals surface area contributed by atoms with E-state index in [1.54, 1.807) is 0 Å². The molecular formula is C8H10O8. The van der Waals surface area contributed by atoms with Crippen LogP contribution in [0.2, 0.25) is 0 Å². The molecule has 0 saturated carbocycles. The van der Waals surface area contributed by atoms with Gasteiger partial charge < -0.3 is 20.4 Å². The van der Waals surface area contributed by atoms with Crippen LogP contribution in [0.3, 0.4) is 0 Å². The van der Waals surface area contributed by atoms with Gasteiger partial charge in [0.2, 0.25) is 0 Å². The summed E-state index contributed by atoms with van der Waals surface area (Å²) in [5, 5.41) is 34.6. The van der Waals surface area contributed by atoms with Gasteiger partial charge in [-0.1, -0.05) is 6.92 Å². The van der Waals surface area contributed by atoms with E-state index in [2.05, 4.69) is 0 Å². The quantitative estimate of drug-likeness (QED) is 0.442. The molecule has 0 aliphatic heterocycles. The van der Waals surface area contributed by atoms with Crippen LogP contribution in [-0.2, 0) is 19.2 Å². The third kappa shape index (κ3) is 2.27. The molecule has 0 aromatic rings. The van der Waals surface area contributed by atoms with E-state index in [1.807, 2.05) is 0 Å². The van der Waals surface area contributed by atoms with Gasteiger partial charge in [0, 0.05) is 0 Å². The Bertz CT molecular complexity index is 330. The maximum atomic E-state index is 10.8. The van der Waals surface area contributed by atoms with Crippen LogP contribution in [0.5, 0.6) is 0 Å². The van der Waals surface area contributed by atoms with Crippen molar-refractivity contribution in [3.8, 4) is 0 Å². The average Bonchev–Trinajstić information content (AvgIpc) is 2.11. The summed E-state index contributed by atoms with van der Waals surface area (Å²) < 4.78 is 0. The van der Waals surface area contributed by atoms with Gasteiger partial charge in [0.15, 0.2) is 5.41 Å². The number of rotatable bonds is 6. The highest BCUT2D eigenvalue weighted by Gasteiger charge is 2.55. The Balaban J connectivity index is 5.61. The normalized spacial score (nSPS) is 12.8. The minimum absolute atomic E-state index is 0.841. The number of aliphatic carboxylic acids is 4. The van der Waals surface area contributed by atoms with E-state index in [0.717, 1.165) is 6.92 Å². The third-order valence-corrected chi connectivity index (χ3v) is 2.30. The molecule has 1 unspecified atom stereocenters. The highest BCUT2D eigenvalue weighted by molar-refractivity contribution is 6.04. The summed E-state index contributed by atoms with van der Waals surface area (Å²) >= 11 is 0. The van der Waals surface area contributed by atoms with Crippen molar-refractivity contribution in [2.45, 2.75) is 13.3 Å². The van der Waals surface area contributed by atoms with Crippen molar-refractivity contribution in [1.82, 2.24) is 0 Å². The van der Waals surface area contributed by atoms with Gasteiger partial charge in [0.1, 0.15) is 0 Å². The number of hydrogen-bond acceptors (Lipinski definition) is 4. The molecule has 8 nitrogen and oxygen atoms in total. The first kappa shape index (κ1) is 13.9. The van der Waals surface area contributed by atoms with Gasteiger partial charge in [0.25, 0.3) is 0 Å². The van der Waals surface area contributed by atoms with E-state index < -0.39 is 41.6 Å². The van der Waals surface area contributed by atoms with Gasteiger partial charge in [-0.05, 0) is 0 Å². The topological polar surface area (TPSA) is 149 Å². The van der Waals surface area contributed by atoms with E-state index in [-0.39, 0.29) is 0 Å². The molecule has 0 aliphatic rings. The van der Waals surface area contributed by atoms with Crippen molar-refractivity contribution >= 4 is 23.9 Å². The molecule has 0 aromatic heterocycles. The Morgan fingerprint density at radius 3 is 1.56 bits per heavy atom. The van der Waals surface area contributed by atoms with Crippen LogP contribution in [0.25, 0.3) is 0 Å². The molecule has 0 heterocycles. The summed E-state index contributed by atoms with van der Waals surface area (Å²) in [4.78, 5) is 42.7. The maximum Gasteiger partial charge on any atom is 0.322 e. The molecule has 0 rings (SSSR count). The number of hydrogen-bond donors (Lipinski definition) is 4. The van der Waals surface area contributed by atoms with Crippen LogP contribution in [0.1, 0.15) is 13.3 Å². The molecule has 1 atom stereocenters. The Kier molecular flexibility index (Phi) is 3.99. The van der Waals surface area contributed by atoms with Crippen LogP contribution < -0.4 is 0 Å². The monoisotopic (exact) mass is 234 g/mol. The molecule has 0 amide bonds. The van der Waals surface area contributed by atoms with Crippen molar-refractivity contribution in [2.24, 2.45) is 11.3 Å². The Morgan fingerprint density at radius 1 is 1.00 bits per heavy atom. The van der Waals surface area contributed by atoms with E-state index in [9.17, 15) is 19.2 Å². The zero-order valence-corrected chi connectivity index (χ0v) is 8.21. The third-order valence-electron chi connectivity index (χ3n) is 2.30. The molecule has 16 heavy (non-hydrogen) atoms. The molecule has 0 saturated heterocycles. The lowest BCUT2D eigenvalue weighted by Gasteiger charge is -2.26. The Hall–Kier alpha value is -2.12. The molecule has 4 N–H and O–H groups in total. The summed E-state index contributed by atoms with van der Waals surface area (Å²) in [6.07, 6.45) is -1.30. The second kappa shape index (κ2) is 4.60. The predicted octanol–water partition coefficient (Wildman–Crippen LogP) is -0.663. The van der Waals surface area contributed by atoms with Gasteiger partial charge >= 0.3 is 23.9 Å². The fraction of sp³-hybridized carbons (Fsp3) is 0.500. The summed E-state index contributed by atoms with van der Waals surface area (Å²) in [7, 11) is 0. The van der Waals surface area contributed by atoms with Crippen molar-refractivity contribution in [3.05, 3.63) is 0 Å². The molecule has 0 fully saturated rings. The van der Waals surface area contributed by atoms with Crippen molar-refractivity contribution in [1.29, 1.82) is 0 Å². The fourth-order valence-corrected chi connectivity index (χ4v) is 1.22. The second-order valence-electron chi connectivity index (χ2n) is 3.21. The maximum absolute atomic E-state index is 10.8. The van der Waals surface area contributed by atoms with Gasteiger partial charge in [-0.15, -0.1) is 0 Å². The molecule has 0 bridgehead atoms. The summed E-state index contributed by atoms with van der Waals surface area (Å²) in [5.74, 6) is -9.22. The van der Waals surface area contributed by atoms with Gasteiger partial charge in [0.05, 0.1) is 12.3 Å². The molecular weight excluding hydrogens is 224 g/mol. The standard InChI is InChI=1S/C8H10O8/c1-3(5(11)12)8(6(13)14,7(15)16)2-4(9)10/h3H,2H2,1H3,(H,9,10)(H,11,12)(H,13,14)(H,15,16). The lowest BCUT2D eigenvalue weighted by atomic mass is 9.73. The summed E-state index contributed by atoms with van der Waals surface area (Å²) in [6.45, 7) is 0.841. The fourth-order valence-electron chi connectivity index (χ4n) is 1.22. The highest BCUT2D eigenvalue weighted by Crippen LogP contribution is 2.33. The van der Waals surface area contributed by atoms with E-state index in [1.165, 1.54) is 0 Å². The molecule has 0 radical (unpaired) electrons. The smallest absolute Gasteiger partial charge is 0.322 e. The van der Waals surface area contributed by atoms with Crippen LogP contribution in [0.15, 0.2) is 0 Å². The molecule has 8 heteroatoms. The molecule has 0 spiro atoms. The Labute approximate surface area is 89.1 Å². The molecule has 90 valence electrons. The second-order valence-corrected chi connectivity index (χ2v) is 3.21. The van der Waals surface area contributed by atoms with Crippen molar-refractivity contribution < 1.29 is 39.6 Å². The van der Waals surface area contributed by atoms with Crippen LogP contribution in [0, 0.1) is 11.3 Å². The van der Waals surface area contributed by atoms with Crippen LogP contribution in [0.4, 0.5) is 0 Å². The van der Waals surface area contributed by atoms with E-state index >= 15 is 0 Å². The van der Waals surface area contributed by atoms with Gasteiger partial charge in [-0.2, -0.15) is 0 Å². The number of carboxylic acids is 4. The molecule has 0 aliphatic carbocycles. The summed E-state index contributed by atoms with van der Waals surface area (Å²) in [5.41, 5.74) is -2.86. The lowest BCUT2D eigenvalue weighted by Crippen LogP contribution is -2.49. The zero-order chi connectivity index (χ0) is 13.1. The predicted molar refractivity (Wildman–Crippen MR) is 46.8 cm³/mol. The van der Waals surface area contributed by atoms with Crippen LogP contribution >= 0.6 is 0 Å². The summed E-state index contributed by atoms with van der Waals surface area (Å²) in [6, 6.07) is 0. The van der Waals surface area contributed by atoms with Gasteiger partial charge in [-0.3, -0.25) is 19.2 Å². The van der Waals surface area contributed by atoms with E-state index in [4.69, 9.17) is 20.4 Å². The largest absolute Gasteiger partial charge is 0.481 e. The minimum atomic E-state index is -2.86. The zero-order valence-electron chi connectivity index (χ0n) is 8.21. The Morgan fingerprint density at radius 2 is 1.38 bits per heavy atom. The van der Waals surface area contributed by atoms with Crippen LogP contribution in [-0.4, -0.2) is 44.3 Å². The minimum Gasteiger partial charge on any atom is -0.481 e. The lowest BCUT2D eigenvalue weighted by molar-refractivity contribution is -0.179. The molecule has 0 aromatic carbocycles. The SMILES string of the molecule is CC(C(=O)O)C(CC(=O)O)(C(=O)O)C(=O)O. The van der Waals surface area contributed by atoms with E-state index in [0.29, 0.717) is 0 Å². The first-order valence-corrected chi connectivity index (χ1v) is 4.07. The van der Waals surface area contributed by atoms with Gasteiger partial charge in [-0.25, -0.2) is 0 Å². The first-order valence-electron chi connectivity index (χ1n) is 4.07. The average molecular weight is 234 g/mol. The highest BCUT2D eigenvalue weighted by atomic mass is 16.4. The van der Waals surface area contributed by atoms with Crippen molar-refractivity contribution in [2.75, 3.05) is 0 Å². The first-order chi connectivity index (χ1) is 7.16. The number of carboxylic acid groups (broad SMARTS) is 4. The number of carbonyl (C=O) groups is 4.